The van der Waals surface area contributed by atoms with Crippen molar-refractivity contribution in [3.05, 3.63) is 24.3 Å². The topological polar surface area (TPSA) is 77.5 Å². The molecule has 0 spiro atoms. The zero-order valence-electron chi connectivity index (χ0n) is 14.0. The van der Waals surface area contributed by atoms with Gasteiger partial charge in [-0.05, 0) is 30.7 Å². The van der Waals surface area contributed by atoms with Gasteiger partial charge in [0.1, 0.15) is 6.09 Å². The highest BCUT2D eigenvalue weighted by Crippen LogP contribution is 2.19. The van der Waals surface area contributed by atoms with Crippen LogP contribution in [0.1, 0.15) is 52.4 Å². The van der Waals surface area contributed by atoms with Gasteiger partial charge < -0.3 is 14.8 Å². The number of carbonyl (C=O) groups excluding carboxylic acids is 1. The molecule has 0 atom stereocenters. The average molecular weight is 340 g/mol. The van der Waals surface area contributed by atoms with E-state index in [-0.39, 0.29) is 10.6 Å². The summed E-state index contributed by atoms with van der Waals surface area (Å²) in [7, 11) is -3.27. The molecule has 0 fully saturated rings. The van der Waals surface area contributed by atoms with Gasteiger partial charge in [0, 0.05) is 12.2 Å². The van der Waals surface area contributed by atoms with E-state index in [0.717, 1.165) is 19.3 Å². The summed E-state index contributed by atoms with van der Waals surface area (Å²) in [5.74, 6) is 0.0221. The number of carbonyl (C=O) groups is 1. The smallest absolute Gasteiger partial charge is 0.178 e. The molecule has 1 aromatic carbocycles. The van der Waals surface area contributed by atoms with E-state index in [1.807, 2.05) is 0 Å². The first-order chi connectivity index (χ1) is 10.9. The molecule has 0 saturated carbocycles. The number of anilines is 1. The van der Waals surface area contributed by atoms with E-state index in [1.165, 1.54) is 48.4 Å². The molecule has 0 heterocycles. The molecule has 6 heteroatoms. The Bertz CT molecular complexity index is 581. The van der Waals surface area contributed by atoms with Crippen LogP contribution in [0, 0.1) is 0 Å². The minimum atomic E-state index is -3.27. The molecule has 0 aliphatic heterocycles. The Kier molecular flexibility index (Phi) is 8.09. The fourth-order valence-electron chi connectivity index (χ4n) is 2.38. The van der Waals surface area contributed by atoms with Crippen molar-refractivity contribution in [2.75, 3.05) is 17.2 Å². The van der Waals surface area contributed by atoms with Crippen LogP contribution in [0.15, 0.2) is 29.2 Å². The lowest BCUT2D eigenvalue weighted by Gasteiger charge is -2.25. The SMILES string of the molecule is CCCCCCCCN(C(=O)[O-])c1ccc(S(=O)(=O)CC)cc1. The normalized spacial score (nSPS) is 11.4. The van der Waals surface area contributed by atoms with Crippen molar-refractivity contribution in [3.63, 3.8) is 0 Å². The maximum absolute atomic E-state index is 11.8. The Balaban J connectivity index is 2.66. The summed E-state index contributed by atoms with van der Waals surface area (Å²) < 4.78 is 23.5. The molecule has 0 saturated heterocycles. The molecule has 0 aromatic heterocycles. The second kappa shape index (κ2) is 9.55. The minimum Gasteiger partial charge on any atom is -0.530 e. The van der Waals surface area contributed by atoms with Crippen molar-refractivity contribution in [2.24, 2.45) is 0 Å². The Morgan fingerprint density at radius 2 is 1.57 bits per heavy atom. The van der Waals surface area contributed by atoms with Gasteiger partial charge >= 0.3 is 0 Å². The Morgan fingerprint density at radius 3 is 2.09 bits per heavy atom. The number of sulfone groups is 1. The highest BCUT2D eigenvalue weighted by molar-refractivity contribution is 7.91. The molecule has 0 radical (unpaired) electrons. The lowest BCUT2D eigenvalue weighted by Crippen LogP contribution is -2.42. The summed E-state index contributed by atoms with van der Waals surface area (Å²) in [5, 5.41) is 11.3. The number of carboxylic acid groups (broad SMARTS) is 1. The molecule has 0 N–H and O–H groups in total. The standard InChI is InChI=1S/C17H27NO4S/c1-3-5-6-7-8-9-14-18(17(19)20)15-10-12-16(13-11-15)23(21,22)4-2/h10-13H,3-9,14H2,1-2H3,(H,19,20)/p-1. The summed E-state index contributed by atoms with van der Waals surface area (Å²) in [5.41, 5.74) is 0.452. The van der Waals surface area contributed by atoms with Crippen molar-refractivity contribution in [1.29, 1.82) is 0 Å². The first-order valence-electron chi connectivity index (χ1n) is 8.23. The third kappa shape index (κ3) is 6.22. The molecule has 0 aliphatic rings. The van der Waals surface area contributed by atoms with Crippen LogP contribution in [0.3, 0.4) is 0 Å². The van der Waals surface area contributed by atoms with Crippen LogP contribution in [-0.2, 0) is 9.84 Å². The second-order valence-electron chi connectivity index (χ2n) is 5.58. The fraction of sp³-hybridized carbons (Fsp3) is 0.588. The molecule has 23 heavy (non-hydrogen) atoms. The van der Waals surface area contributed by atoms with Crippen LogP contribution in [0.25, 0.3) is 0 Å². The molecular formula is C17H26NO4S-. The van der Waals surface area contributed by atoms with Gasteiger partial charge in [0.05, 0.1) is 10.6 Å². The van der Waals surface area contributed by atoms with Crippen molar-refractivity contribution < 1.29 is 18.3 Å². The van der Waals surface area contributed by atoms with E-state index in [0.29, 0.717) is 12.2 Å². The van der Waals surface area contributed by atoms with Crippen LogP contribution in [0.2, 0.25) is 0 Å². The monoisotopic (exact) mass is 340 g/mol. The van der Waals surface area contributed by atoms with E-state index in [1.54, 1.807) is 6.92 Å². The van der Waals surface area contributed by atoms with Crippen molar-refractivity contribution in [2.45, 2.75) is 57.3 Å². The number of hydrogen-bond acceptors (Lipinski definition) is 4. The summed E-state index contributed by atoms with van der Waals surface area (Å²) in [4.78, 5) is 12.7. The van der Waals surface area contributed by atoms with E-state index in [9.17, 15) is 18.3 Å². The predicted octanol–water partition coefficient (Wildman–Crippen LogP) is 2.99. The number of rotatable bonds is 10. The molecule has 1 aromatic rings. The third-order valence-electron chi connectivity index (χ3n) is 3.84. The number of nitrogens with zero attached hydrogens (tertiary/aromatic N) is 1. The highest BCUT2D eigenvalue weighted by atomic mass is 32.2. The van der Waals surface area contributed by atoms with Gasteiger partial charge in [0.15, 0.2) is 9.84 Å². The summed E-state index contributed by atoms with van der Waals surface area (Å²) in [6.45, 7) is 4.10. The quantitative estimate of drug-likeness (QED) is 0.613. The molecule has 1 amide bonds. The summed E-state index contributed by atoms with van der Waals surface area (Å²) >= 11 is 0. The third-order valence-corrected chi connectivity index (χ3v) is 5.59. The number of amides is 1. The molecule has 1 rings (SSSR count). The van der Waals surface area contributed by atoms with Gasteiger partial charge in [0.25, 0.3) is 0 Å². The average Bonchev–Trinajstić information content (AvgIpc) is 2.54. The fourth-order valence-corrected chi connectivity index (χ4v) is 3.26. The van der Waals surface area contributed by atoms with E-state index >= 15 is 0 Å². The number of benzene rings is 1. The maximum Gasteiger partial charge on any atom is 0.178 e. The Morgan fingerprint density at radius 1 is 1.00 bits per heavy atom. The molecule has 130 valence electrons. The van der Waals surface area contributed by atoms with Gasteiger partial charge in [-0.25, -0.2) is 8.42 Å². The first kappa shape index (κ1) is 19.5. The van der Waals surface area contributed by atoms with Crippen LogP contribution < -0.4 is 10.0 Å². The lowest BCUT2D eigenvalue weighted by atomic mass is 10.1. The van der Waals surface area contributed by atoms with Crippen LogP contribution >= 0.6 is 0 Å². The van der Waals surface area contributed by atoms with Crippen molar-refractivity contribution in [3.8, 4) is 0 Å². The highest BCUT2D eigenvalue weighted by Gasteiger charge is 2.13. The van der Waals surface area contributed by atoms with Crippen LogP contribution in [-0.4, -0.2) is 26.8 Å². The molecular weight excluding hydrogens is 314 g/mol. The van der Waals surface area contributed by atoms with Gasteiger partial charge in [-0.3, -0.25) is 0 Å². The number of hydrogen-bond donors (Lipinski definition) is 0. The maximum atomic E-state index is 11.8. The zero-order valence-corrected chi connectivity index (χ0v) is 14.8. The lowest BCUT2D eigenvalue weighted by molar-refractivity contribution is -0.246. The first-order valence-corrected chi connectivity index (χ1v) is 9.89. The molecule has 0 unspecified atom stereocenters. The van der Waals surface area contributed by atoms with Gasteiger partial charge in [-0.2, -0.15) is 0 Å². The second-order valence-corrected chi connectivity index (χ2v) is 7.86. The summed E-state index contributed by atoms with van der Waals surface area (Å²) in [6.07, 6.45) is 5.15. The van der Waals surface area contributed by atoms with Crippen molar-refractivity contribution >= 4 is 21.6 Å². The molecule has 0 bridgehead atoms. The number of unbranched alkanes of at least 4 members (excludes halogenated alkanes) is 5. The zero-order chi connectivity index (χ0) is 17.3. The van der Waals surface area contributed by atoms with Crippen LogP contribution in [0.4, 0.5) is 10.5 Å². The Labute approximate surface area is 139 Å². The van der Waals surface area contributed by atoms with Gasteiger partial charge in [-0.15, -0.1) is 0 Å². The molecule has 5 nitrogen and oxygen atoms in total. The van der Waals surface area contributed by atoms with E-state index in [4.69, 9.17) is 0 Å². The van der Waals surface area contributed by atoms with Gasteiger partial charge in [0.2, 0.25) is 0 Å². The van der Waals surface area contributed by atoms with Crippen LogP contribution in [0.5, 0.6) is 0 Å². The van der Waals surface area contributed by atoms with Gasteiger partial charge in [-0.1, -0.05) is 46.0 Å². The molecule has 0 aliphatic carbocycles. The van der Waals surface area contributed by atoms with Crippen molar-refractivity contribution in [1.82, 2.24) is 0 Å². The summed E-state index contributed by atoms with van der Waals surface area (Å²) in [6, 6.07) is 5.95. The van der Waals surface area contributed by atoms with E-state index < -0.39 is 15.9 Å². The Hall–Kier alpha value is -1.56. The predicted molar refractivity (Wildman–Crippen MR) is 90.3 cm³/mol. The van der Waals surface area contributed by atoms with E-state index in [2.05, 4.69) is 6.92 Å². The largest absolute Gasteiger partial charge is 0.530 e. The minimum absolute atomic E-state index is 0.0221.